The number of hydrogen-bond acceptors (Lipinski definition) is 3. The summed E-state index contributed by atoms with van der Waals surface area (Å²) in [7, 11) is 0. The van der Waals surface area contributed by atoms with Gasteiger partial charge in [0.15, 0.2) is 5.89 Å². The fraction of sp³-hybridized carbons (Fsp3) is 0.357. The lowest BCUT2D eigenvalue weighted by Crippen LogP contribution is -2.02. The second-order valence-corrected chi connectivity index (χ2v) is 4.15. The van der Waals surface area contributed by atoms with Crippen LogP contribution < -0.4 is 4.74 Å². The predicted octanol–water partition coefficient (Wildman–Crippen LogP) is 3.22. The molecular formula is C14H17NO2. The topological polar surface area (TPSA) is 35.3 Å². The maximum Gasteiger partial charge on any atom is 0.191 e. The number of rotatable bonds is 4. The molecule has 0 aliphatic carbocycles. The highest BCUT2D eigenvalue weighted by Gasteiger charge is 2.06. The number of ether oxygens (including phenoxy) is 1. The molecule has 2 aromatic rings. The molecule has 2 rings (SSSR count). The van der Waals surface area contributed by atoms with E-state index in [1.165, 1.54) is 5.56 Å². The number of nitrogens with zero attached hydrogens (tertiary/aromatic N) is 1. The SMILES string of the molecule is Cc1cccc(OCCc2nc(C)oc2C)c1. The Morgan fingerprint density at radius 3 is 2.71 bits per heavy atom. The van der Waals surface area contributed by atoms with Gasteiger partial charge in [0, 0.05) is 13.3 Å². The molecule has 0 aliphatic rings. The highest BCUT2D eigenvalue weighted by molar-refractivity contribution is 5.27. The monoisotopic (exact) mass is 231 g/mol. The van der Waals surface area contributed by atoms with Crippen LogP contribution in [0.15, 0.2) is 28.7 Å². The fourth-order valence-corrected chi connectivity index (χ4v) is 1.77. The number of aryl methyl sites for hydroxylation is 3. The van der Waals surface area contributed by atoms with E-state index in [1.807, 2.05) is 32.0 Å². The smallest absolute Gasteiger partial charge is 0.191 e. The molecule has 0 radical (unpaired) electrons. The molecule has 3 nitrogen and oxygen atoms in total. The number of hydrogen-bond donors (Lipinski definition) is 0. The van der Waals surface area contributed by atoms with Crippen LogP contribution in [-0.2, 0) is 6.42 Å². The van der Waals surface area contributed by atoms with Gasteiger partial charge in [-0.25, -0.2) is 4.98 Å². The van der Waals surface area contributed by atoms with Crippen molar-refractivity contribution in [1.82, 2.24) is 4.98 Å². The lowest BCUT2D eigenvalue weighted by Gasteiger charge is -2.05. The van der Waals surface area contributed by atoms with Gasteiger partial charge in [-0.2, -0.15) is 0 Å². The Kier molecular flexibility index (Phi) is 3.47. The average molecular weight is 231 g/mol. The summed E-state index contributed by atoms with van der Waals surface area (Å²) in [5.74, 6) is 2.51. The Labute approximate surface area is 101 Å². The van der Waals surface area contributed by atoms with Crippen LogP contribution in [0.25, 0.3) is 0 Å². The molecule has 17 heavy (non-hydrogen) atoms. The van der Waals surface area contributed by atoms with Crippen molar-refractivity contribution >= 4 is 0 Å². The molecule has 0 fully saturated rings. The Balaban J connectivity index is 1.89. The van der Waals surface area contributed by atoms with Gasteiger partial charge in [-0.15, -0.1) is 0 Å². The molecular weight excluding hydrogens is 214 g/mol. The zero-order chi connectivity index (χ0) is 12.3. The molecule has 0 atom stereocenters. The van der Waals surface area contributed by atoms with Gasteiger partial charge in [-0.3, -0.25) is 0 Å². The molecule has 0 unspecified atom stereocenters. The van der Waals surface area contributed by atoms with Gasteiger partial charge >= 0.3 is 0 Å². The maximum absolute atomic E-state index is 5.67. The summed E-state index contributed by atoms with van der Waals surface area (Å²) in [5, 5.41) is 0. The second-order valence-electron chi connectivity index (χ2n) is 4.15. The Hall–Kier alpha value is -1.77. The minimum Gasteiger partial charge on any atom is -0.493 e. The second kappa shape index (κ2) is 5.04. The molecule has 0 aliphatic heterocycles. The van der Waals surface area contributed by atoms with E-state index in [0.717, 1.165) is 23.6 Å². The average Bonchev–Trinajstić information content (AvgIpc) is 2.58. The third-order valence-corrected chi connectivity index (χ3v) is 2.60. The van der Waals surface area contributed by atoms with E-state index in [1.54, 1.807) is 0 Å². The maximum atomic E-state index is 5.67. The summed E-state index contributed by atoms with van der Waals surface area (Å²) in [4.78, 5) is 4.31. The van der Waals surface area contributed by atoms with Crippen molar-refractivity contribution in [3.8, 4) is 5.75 Å². The van der Waals surface area contributed by atoms with E-state index in [9.17, 15) is 0 Å². The van der Waals surface area contributed by atoms with E-state index in [4.69, 9.17) is 9.15 Å². The molecule has 0 N–H and O–H groups in total. The van der Waals surface area contributed by atoms with Gasteiger partial charge < -0.3 is 9.15 Å². The molecule has 3 heteroatoms. The fourth-order valence-electron chi connectivity index (χ4n) is 1.77. The van der Waals surface area contributed by atoms with Crippen LogP contribution in [0, 0.1) is 20.8 Å². The zero-order valence-electron chi connectivity index (χ0n) is 10.5. The Morgan fingerprint density at radius 1 is 1.24 bits per heavy atom. The van der Waals surface area contributed by atoms with E-state index >= 15 is 0 Å². The normalized spacial score (nSPS) is 10.5. The van der Waals surface area contributed by atoms with Crippen molar-refractivity contribution in [2.24, 2.45) is 0 Å². The largest absolute Gasteiger partial charge is 0.493 e. The molecule has 90 valence electrons. The van der Waals surface area contributed by atoms with Gasteiger partial charge in [0.05, 0.1) is 12.3 Å². The first-order valence-electron chi connectivity index (χ1n) is 5.77. The standard InChI is InChI=1S/C14H17NO2/c1-10-5-4-6-13(9-10)16-8-7-14-11(2)17-12(3)15-14/h4-6,9H,7-8H2,1-3H3. The van der Waals surface area contributed by atoms with E-state index < -0.39 is 0 Å². The lowest BCUT2D eigenvalue weighted by atomic mass is 10.2. The van der Waals surface area contributed by atoms with Crippen LogP contribution in [0.5, 0.6) is 5.75 Å². The first kappa shape index (κ1) is 11.7. The van der Waals surface area contributed by atoms with Crippen molar-refractivity contribution in [3.63, 3.8) is 0 Å². The van der Waals surface area contributed by atoms with Crippen molar-refractivity contribution in [2.75, 3.05) is 6.61 Å². The van der Waals surface area contributed by atoms with E-state index in [-0.39, 0.29) is 0 Å². The molecule has 0 saturated heterocycles. The summed E-state index contributed by atoms with van der Waals surface area (Å²) in [6, 6.07) is 8.04. The van der Waals surface area contributed by atoms with Crippen LogP contribution in [-0.4, -0.2) is 11.6 Å². The van der Waals surface area contributed by atoms with Gasteiger partial charge in [0.1, 0.15) is 11.5 Å². The summed E-state index contributed by atoms with van der Waals surface area (Å²) in [6.45, 7) is 6.47. The summed E-state index contributed by atoms with van der Waals surface area (Å²) in [6.07, 6.45) is 0.775. The molecule has 0 amide bonds. The minimum absolute atomic E-state index is 0.621. The molecule has 1 aromatic heterocycles. The van der Waals surface area contributed by atoms with Gasteiger partial charge in [0.2, 0.25) is 0 Å². The summed E-state index contributed by atoms with van der Waals surface area (Å²) in [5.41, 5.74) is 2.19. The van der Waals surface area contributed by atoms with Gasteiger partial charge in [-0.05, 0) is 31.5 Å². The van der Waals surface area contributed by atoms with Crippen LogP contribution in [0.3, 0.4) is 0 Å². The molecule has 1 heterocycles. The summed E-state index contributed by atoms with van der Waals surface area (Å²) < 4.78 is 11.0. The van der Waals surface area contributed by atoms with E-state index in [0.29, 0.717) is 12.5 Å². The van der Waals surface area contributed by atoms with Crippen molar-refractivity contribution in [2.45, 2.75) is 27.2 Å². The van der Waals surface area contributed by atoms with Crippen molar-refractivity contribution in [1.29, 1.82) is 0 Å². The van der Waals surface area contributed by atoms with Crippen LogP contribution in [0.2, 0.25) is 0 Å². The van der Waals surface area contributed by atoms with Crippen molar-refractivity contribution < 1.29 is 9.15 Å². The first-order chi connectivity index (χ1) is 8.15. The quantitative estimate of drug-likeness (QED) is 0.810. The number of aromatic nitrogens is 1. The first-order valence-corrected chi connectivity index (χ1v) is 5.77. The lowest BCUT2D eigenvalue weighted by molar-refractivity contribution is 0.319. The van der Waals surface area contributed by atoms with E-state index in [2.05, 4.69) is 18.0 Å². The van der Waals surface area contributed by atoms with Crippen molar-refractivity contribution in [3.05, 3.63) is 47.2 Å². The number of oxazole rings is 1. The van der Waals surface area contributed by atoms with Crippen LogP contribution in [0.1, 0.15) is 22.9 Å². The molecule has 0 bridgehead atoms. The molecule has 0 saturated carbocycles. The molecule has 0 spiro atoms. The zero-order valence-corrected chi connectivity index (χ0v) is 10.5. The van der Waals surface area contributed by atoms with Gasteiger partial charge in [0.25, 0.3) is 0 Å². The highest BCUT2D eigenvalue weighted by Crippen LogP contribution is 2.14. The third kappa shape index (κ3) is 3.09. The number of benzene rings is 1. The predicted molar refractivity (Wildman–Crippen MR) is 66.4 cm³/mol. The summed E-state index contributed by atoms with van der Waals surface area (Å²) >= 11 is 0. The Morgan fingerprint density at radius 2 is 2.06 bits per heavy atom. The third-order valence-electron chi connectivity index (χ3n) is 2.60. The minimum atomic E-state index is 0.621. The van der Waals surface area contributed by atoms with Crippen LogP contribution >= 0.6 is 0 Å². The van der Waals surface area contributed by atoms with Gasteiger partial charge in [-0.1, -0.05) is 12.1 Å². The van der Waals surface area contributed by atoms with Crippen LogP contribution in [0.4, 0.5) is 0 Å². The highest BCUT2D eigenvalue weighted by atomic mass is 16.5. The molecule has 1 aromatic carbocycles. The Bertz CT molecular complexity index is 503.